The van der Waals surface area contributed by atoms with Gasteiger partial charge in [0.2, 0.25) is 0 Å². The van der Waals surface area contributed by atoms with Gasteiger partial charge in [-0.15, -0.1) is 0 Å². The van der Waals surface area contributed by atoms with E-state index in [1.807, 2.05) is 12.1 Å². The fourth-order valence-electron chi connectivity index (χ4n) is 2.01. The lowest BCUT2D eigenvalue weighted by atomic mass is 9.87. The number of anilines is 2. The monoisotopic (exact) mass is 302 g/mol. The zero-order valence-corrected chi connectivity index (χ0v) is 13.2. The molecule has 2 aromatic carbocycles. The van der Waals surface area contributed by atoms with Gasteiger partial charge in [0.05, 0.1) is 0 Å². The molecule has 0 spiro atoms. The van der Waals surface area contributed by atoms with Crippen LogP contribution >= 0.6 is 12.2 Å². The molecule has 0 bridgehead atoms. The number of thiocarbonyl (C=S) groups is 1. The Balaban J connectivity index is 2.19. The number of hydrogen-bond donors (Lipinski definition) is 2. The topological polar surface area (TPSA) is 38.0 Å². The van der Waals surface area contributed by atoms with Gasteiger partial charge in [0.15, 0.2) is 0 Å². The van der Waals surface area contributed by atoms with E-state index in [9.17, 15) is 4.39 Å². The SMILES string of the molecule is CC(C)(C)c1ccc(Nc2ccc(C(N)=S)c(F)c2)cc1. The zero-order chi connectivity index (χ0) is 15.6. The van der Waals surface area contributed by atoms with Crippen LogP contribution in [0.3, 0.4) is 0 Å². The fraction of sp³-hybridized carbons (Fsp3) is 0.235. The average Bonchev–Trinajstić information content (AvgIpc) is 2.38. The molecular formula is C17H19FN2S. The molecule has 0 saturated heterocycles. The van der Waals surface area contributed by atoms with Crippen molar-refractivity contribution in [3.05, 3.63) is 59.4 Å². The molecular weight excluding hydrogens is 283 g/mol. The van der Waals surface area contributed by atoms with Gasteiger partial charge in [0.1, 0.15) is 10.8 Å². The van der Waals surface area contributed by atoms with E-state index in [4.69, 9.17) is 18.0 Å². The molecule has 21 heavy (non-hydrogen) atoms. The molecule has 0 aliphatic rings. The zero-order valence-electron chi connectivity index (χ0n) is 12.4. The quantitative estimate of drug-likeness (QED) is 0.820. The van der Waals surface area contributed by atoms with Gasteiger partial charge in [-0.05, 0) is 41.3 Å². The van der Waals surface area contributed by atoms with Crippen molar-refractivity contribution in [3.63, 3.8) is 0 Å². The molecule has 110 valence electrons. The van der Waals surface area contributed by atoms with Crippen molar-refractivity contribution in [2.75, 3.05) is 5.32 Å². The molecule has 0 unspecified atom stereocenters. The first-order valence-corrected chi connectivity index (χ1v) is 7.15. The van der Waals surface area contributed by atoms with Gasteiger partial charge in [-0.2, -0.15) is 0 Å². The molecule has 0 atom stereocenters. The Hall–Kier alpha value is -1.94. The van der Waals surface area contributed by atoms with Gasteiger partial charge in [-0.25, -0.2) is 4.39 Å². The van der Waals surface area contributed by atoms with Crippen LogP contribution in [-0.2, 0) is 5.41 Å². The lowest BCUT2D eigenvalue weighted by Gasteiger charge is -2.19. The average molecular weight is 302 g/mol. The predicted molar refractivity (Wildman–Crippen MR) is 90.7 cm³/mol. The molecule has 0 heterocycles. The second kappa shape index (κ2) is 5.82. The molecule has 0 radical (unpaired) electrons. The lowest BCUT2D eigenvalue weighted by molar-refractivity contribution is 0.590. The number of halogens is 1. The molecule has 3 N–H and O–H groups in total. The summed E-state index contributed by atoms with van der Waals surface area (Å²) in [5, 5.41) is 3.17. The Morgan fingerprint density at radius 2 is 1.62 bits per heavy atom. The molecule has 0 aromatic heterocycles. The minimum Gasteiger partial charge on any atom is -0.389 e. The third-order valence-electron chi connectivity index (χ3n) is 3.27. The van der Waals surface area contributed by atoms with E-state index < -0.39 is 5.82 Å². The summed E-state index contributed by atoms with van der Waals surface area (Å²) in [5.74, 6) is -0.418. The van der Waals surface area contributed by atoms with Gasteiger partial charge in [-0.3, -0.25) is 0 Å². The lowest BCUT2D eigenvalue weighted by Crippen LogP contribution is -2.11. The minimum atomic E-state index is -0.418. The van der Waals surface area contributed by atoms with E-state index in [0.29, 0.717) is 5.69 Å². The Labute approximate surface area is 130 Å². The molecule has 2 nitrogen and oxygen atoms in total. The largest absolute Gasteiger partial charge is 0.389 e. The van der Waals surface area contributed by atoms with Gasteiger partial charge < -0.3 is 11.1 Å². The summed E-state index contributed by atoms with van der Waals surface area (Å²) in [6, 6.07) is 12.9. The van der Waals surface area contributed by atoms with E-state index in [2.05, 4.69) is 38.2 Å². The molecule has 0 aliphatic carbocycles. The van der Waals surface area contributed by atoms with E-state index in [1.165, 1.54) is 11.6 Å². The first kappa shape index (κ1) is 15.4. The summed E-state index contributed by atoms with van der Waals surface area (Å²) in [7, 11) is 0. The maximum absolute atomic E-state index is 13.8. The van der Waals surface area contributed by atoms with E-state index in [0.717, 1.165) is 5.69 Å². The molecule has 0 saturated carbocycles. The summed E-state index contributed by atoms with van der Waals surface area (Å²) < 4.78 is 13.8. The second-order valence-corrected chi connectivity index (χ2v) is 6.45. The highest BCUT2D eigenvalue weighted by Crippen LogP contribution is 2.25. The van der Waals surface area contributed by atoms with Crippen LogP contribution in [0.1, 0.15) is 31.9 Å². The Bertz CT molecular complexity index is 657. The van der Waals surface area contributed by atoms with Crippen molar-refractivity contribution < 1.29 is 4.39 Å². The summed E-state index contributed by atoms with van der Waals surface area (Å²) in [6.45, 7) is 6.50. The Morgan fingerprint density at radius 1 is 1.05 bits per heavy atom. The summed E-state index contributed by atoms with van der Waals surface area (Å²) in [5.41, 5.74) is 8.65. The normalized spacial score (nSPS) is 11.2. The molecule has 0 aliphatic heterocycles. The van der Waals surface area contributed by atoms with Gasteiger partial charge in [0, 0.05) is 16.9 Å². The van der Waals surface area contributed by atoms with Gasteiger partial charge in [-0.1, -0.05) is 45.1 Å². The third-order valence-corrected chi connectivity index (χ3v) is 3.49. The van der Waals surface area contributed by atoms with Crippen LogP contribution in [0.2, 0.25) is 0 Å². The maximum Gasteiger partial charge on any atom is 0.135 e. The van der Waals surface area contributed by atoms with E-state index >= 15 is 0 Å². The molecule has 0 amide bonds. The standard InChI is InChI=1S/C17H19FN2S/c1-17(2,3)11-4-6-12(7-5-11)20-13-8-9-14(16(19)21)15(18)10-13/h4-10,20H,1-3H3,(H2,19,21). The maximum atomic E-state index is 13.8. The number of rotatable bonds is 3. The molecule has 0 fully saturated rings. The summed E-state index contributed by atoms with van der Waals surface area (Å²) in [6.07, 6.45) is 0. The van der Waals surface area contributed by atoms with Crippen LogP contribution in [0.4, 0.5) is 15.8 Å². The molecule has 4 heteroatoms. The van der Waals surface area contributed by atoms with Crippen LogP contribution in [0, 0.1) is 5.82 Å². The summed E-state index contributed by atoms with van der Waals surface area (Å²) in [4.78, 5) is 0.0635. The highest BCUT2D eigenvalue weighted by atomic mass is 32.1. The second-order valence-electron chi connectivity index (χ2n) is 6.01. The number of benzene rings is 2. The van der Waals surface area contributed by atoms with Crippen molar-refractivity contribution in [1.29, 1.82) is 0 Å². The first-order chi connectivity index (χ1) is 9.77. The van der Waals surface area contributed by atoms with Gasteiger partial charge >= 0.3 is 0 Å². The number of hydrogen-bond acceptors (Lipinski definition) is 2. The van der Waals surface area contributed by atoms with Crippen molar-refractivity contribution in [2.45, 2.75) is 26.2 Å². The van der Waals surface area contributed by atoms with Crippen LogP contribution in [0.5, 0.6) is 0 Å². The first-order valence-electron chi connectivity index (χ1n) is 6.74. The van der Waals surface area contributed by atoms with E-state index in [1.54, 1.807) is 12.1 Å². The van der Waals surface area contributed by atoms with Crippen LogP contribution in [-0.4, -0.2) is 4.99 Å². The predicted octanol–water partition coefficient (Wildman–Crippen LogP) is 4.50. The van der Waals surface area contributed by atoms with Crippen LogP contribution in [0.15, 0.2) is 42.5 Å². The summed E-state index contributed by atoms with van der Waals surface area (Å²) >= 11 is 4.79. The van der Waals surface area contributed by atoms with Crippen molar-refractivity contribution in [2.24, 2.45) is 5.73 Å². The highest BCUT2D eigenvalue weighted by molar-refractivity contribution is 7.80. The minimum absolute atomic E-state index is 0.0635. The number of nitrogens with two attached hydrogens (primary N) is 1. The van der Waals surface area contributed by atoms with Gasteiger partial charge in [0.25, 0.3) is 0 Å². The van der Waals surface area contributed by atoms with Crippen molar-refractivity contribution >= 4 is 28.6 Å². The van der Waals surface area contributed by atoms with Crippen molar-refractivity contribution in [1.82, 2.24) is 0 Å². The Kier molecular flexibility index (Phi) is 4.28. The Morgan fingerprint density at radius 3 is 2.10 bits per heavy atom. The van der Waals surface area contributed by atoms with Crippen molar-refractivity contribution in [3.8, 4) is 0 Å². The number of nitrogens with one attached hydrogen (secondary N) is 1. The smallest absolute Gasteiger partial charge is 0.135 e. The molecule has 2 rings (SSSR count). The van der Waals surface area contributed by atoms with E-state index in [-0.39, 0.29) is 16.0 Å². The third kappa shape index (κ3) is 3.79. The van der Waals surface area contributed by atoms with Crippen LogP contribution < -0.4 is 11.1 Å². The highest BCUT2D eigenvalue weighted by Gasteiger charge is 2.13. The van der Waals surface area contributed by atoms with Crippen LogP contribution in [0.25, 0.3) is 0 Å². The molecule has 2 aromatic rings. The fourth-order valence-corrected chi connectivity index (χ4v) is 2.18.